The number of hydrogen-bond donors (Lipinski definition) is 1. The van der Waals surface area contributed by atoms with Crippen molar-refractivity contribution >= 4 is 5.95 Å². The zero-order valence-corrected chi connectivity index (χ0v) is 8.18. The molecule has 13 heavy (non-hydrogen) atoms. The minimum Gasteiger partial charge on any atom is -0.368 e. The molecule has 0 aliphatic heterocycles. The molecule has 3 heteroatoms. The Morgan fingerprint density at radius 2 is 2.08 bits per heavy atom. The minimum absolute atomic E-state index is 0.330. The van der Waals surface area contributed by atoms with E-state index >= 15 is 0 Å². The molecule has 1 aromatic heterocycles. The van der Waals surface area contributed by atoms with Crippen molar-refractivity contribution in [2.24, 2.45) is 0 Å². The van der Waals surface area contributed by atoms with Gasteiger partial charge < -0.3 is 5.73 Å². The van der Waals surface area contributed by atoms with E-state index in [2.05, 4.69) is 21.8 Å². The lowest BCUT2D eigenvalue weighted by Gasteiger charge is -2.04. The van der Waals surface area contributed by atoms with Crippen LogP contribution in [0.1, 0.15) is 30.8 Å². The third-order valence-electron chi connectivity index (χ3n) is 1.77. The van der Waals surface area contributed by atoms with Crippen LogP contribution < -0.4 is 5.73 Å². The summed E-state index contributed by atoms with van der Waals surface area (Å²) in [5, 5.41) is 0. The van der Waals surface area contributed by atoms with Crippen LogP contribution >= 0.6 is 0 Å². The molecule has 0 aliphatic rings. The van der Waals surface area contributed by atoms with Gasteiger partial charge in [-0.1, -0.05) is 12.8 Å². The predicted molar refractivity (Wildman–Crippen MR) is 53.1 cm³/mol. The van der Waals surface area contributed by atoms with Crippen LogP contribution in [0.25, 0.3) is 0 Å². The molecule has 0 fully saturated rings. The Morgan fingerprint density at radius 3 is 2.62 bits per heavy atom. The lowest BCUT2D eigenvalue weighted by molar-refractivity contribution is 0.976. The molecule has 1 aromatic rings. The Hall–Kier alpha value is -1.56. The second-order valence-electron chi connectivity index (χ2n) is 2.72. The van der Waals surface area contributed by atoms with E-state index in [1.165, 1.54) is 0 Å². The van der Waals surface area contributed by atoms with Crippen LogP contribution in [0.3, 0.4) is 0 Å². The lowest BCUT2D eigenvalue weighted by Crippen LogP contribution is -2.04. The summed E-state index contributed by atoms with van der Waals surface area (Å²) in [6, 6.07) is 0. The average Bonchev–Trinajstić information content (AvgIpc) is 2.09. The van der Waals surface area contributed by atoms with E-state index in [1.54, 1.807) is 6.92 Å². The first-order valence-corrected chi connectivity index (χ1v) is 4.24. The molecular weight excluding hydrogens is 162 g/mol. The standard InChI is InChI=1S/C10H13N3/c1-4-6-8-7(3)12-10(11)13-9(8)5-2/h5H2,1-3H3,(H2,11,12,13). The van der Waals surface area contributed by atoms with Crippen molar-refractivity contribution in [3.8, 4) is 11.8 Å². The van der Waals surface area contributed by atoms with Gasteiger partial charge in [0.2, 0.25) is 5.95 Å². The van der Waals surface area contributed by atoms with Gasteiger partial charge in [0.25, 0.3) is 0 Å². The van der Waals surface area contributed by atoms with Crippen molar-refractivity contribution in [1.29, 1.82) is 0 Å². The highest BCUT2D eigenvalue weighted by Crippen LogP contribution is 2.10. The summed E-state index contributed by atoms with van der Waals surface area (Å²) in [6.07, 6.45) is 0.831. The first-order valence-electron chi connectivity index (χ1n) is 4.24. The van der Waals surface area contributed by atoms with Crippen LogP contribution in [0.15, 0.2) is 0 Å². The van der Waals surface area contributed by atoms with Crippen LogP contribution in [0.5, 0.6) is 0 Å². The summed E-state index contributed by atoms with van der Waals surface area (Å²) in [5.41, 5.74) is 8.24. The molecule has 1 rings (SSSR count). The second-order valence-corrected chi connectivity index (χ2v) is 2.72. The molecule has 0 aromatic carbocycles. The highest BCUT2D eigenvalue weighted by atomic mass is 15.0. The van der Waals surface area contributed by atoms with Gasteiger partial charge >= 0.3 is 0 Å². The van der Waals surface area contributed by atoms with Crippen LogP contribution in [0.2, 0.25) is 0 Å². The Bertz CT molecular complexity index is 372. The number of nitrogens with two attached hydrogens (primary N) is 1. The summed E-state index contributed by atoms with van der Waals surface area (Å²) >= 11 is 0. The molecular formula is C10H13N3. The van der Waals surface area contributed by atoms with Gasteiger partial charge in [-0.05, 0) is 20.3 Å². The quantitative estimate of drug-likeness (QED) is 0.654. The molecule has 0 spiro atoms. The molecule has 1 heterocycles. The van der Waals surface area contributed by atoms with E-state index in [1.807, 2.05) is 13.8 Å². The van der Waals surface area contributed by atoms with Gasteiger partial charge in [0.15, 0.2) is 0 Å². The van der Waals surface area contributed by atoms with E-state index in [9.17, 15) is 0 Å². The van der Waals surface area contributed by atoms with Gasteiger partial charge in [-0.2, -0.15) is 0 Å². The van der Waals surface area contributed by atoms with Crippen molar-refractivity contribution < 1.29 is 0 Å². The van der Waals surface area contributed by atoms with Crippen molar-refractivity contribution in [2.75, 3.05) is 5.73 Å². The van der Waals surface area contributed by atoms with Gasteiger partial charge in [0, 0.05) is 0 Å². The van der Waals surface area contributed by atoms with Crippen molar-refractivity contribution in [3.05, 3.63) is 17.0 Å². The molecule has 0 unspecified atom stereocenters. The summed E-state index contributed by atoms with van der Waals surface area (Å²) in [4.78, 5) is 8.20. The molecule has 2 N–H and O–H groups in total. The van der Waals surface area contributed by atoms with Gasteiger partial charge in [-0.25, -0.2) is 9.97 Å². The molecule has 0 aliphatic carbocycles. The molecule has 0 bridgehead atoms. The number of anilines is 1. The molecule has 0 atom stereocenters. The maximum Gasteiger partial charge on any atom is 0.220 e. The fourth-order valence-electron chi connectivity index (χ4n) is 1.20. The third-order valence-corrected chi connectivity index (χ3v) is 1.77. The fourth-order valence-corrected chi connectivity index (χ4v) is 1.20. The second kappa shape index (κ2) is 3.90. The van der Waals surface area contributed by atoms with Crippen LogP contribution in [0.4, 0.5) is 5.95 Å². The molecule has 0 saturated heterocycles. The number of aryl methyl sites for hydroxylation is 2. The van der Waals surface area contributed by atoms with E-state index < -0.39 is 0 Å². The number of aromatic nitrogens is 2. The molecule has 0 saturated carbocycles. The van der Waals surface area contributed by atoms with E-state index in [4.69, 9.17) is 5.73 Å². The van der Waals surface area contributed by atoms with E-state index in [0.29, 0.717) is 5.95 Å². The highest BCUT2D eigenvalue weighted by molar-refractivity contribution is 5.43. The topological polar surface area (TPSA) is 51.8 Å². The SMILES string of the molecule is CC#Cc1c(C)nc(N)nc1CC. The lowest BCUT2D eigenvalue weighted by atomic mass is 10.1. The Labute approximate surface area is 78.4 Å². The largest absolute Gasteiger partial charge is 0.368 e. The summed E-state index contributed by atoms with van der Waals surface area (Å²) in [5.74, 6) is 6.17. The number of nitrogen functional groups attached to an aromatic ring is 1. The number of rotatable bonds is 1. The van der Waals surface area contributed by atoms with E-state index in [0.717, 1.165) is 23.4 Å². The fraction of sp³-hybridized carbons (Fsp3) is 0.400. The Kier molecular flexibility index (Phi) is 2.86. The maximum atomic E-state index is 5.53. The number of nitrogens with zero attached hydrogens (tertiary/aromatic N) is 2. The summed E-state index contributed by atoms with van der Waals surface area (Å²) < 4.78 is 0. The zero-order chi connectivity index (χ0) is 9.84. The Balaban J connectivity index is 3.35. The summed E-state index contributed by atoms with van der Waals surface area (Å²) in [6.45, 7) is 5.73. The van der Waals surface area contributed by atoms with Crippen molar-refractivity contribution in [1.82, 2.24) is 9.97 Å². The van der Waals surface area contributed by atoms with Crippen molar-refractivity contribution in [2.45, 2.75) is 27.2 Å². The van der Waals surface area contributed by atoms with E-state index in [-0.39, 0.29) is 0 Å². The van der Waals surface area contributed by atoms with Crippen LogP contribution in [0, 0.1) is 18.8 Å². The van der Waals surface area contributed by atoms with Gasteiger partial charge in [-0.15, -0.1) is 5.92 Å². The predicted octanol–water partition coefficient (Wildman–Crippen LogP) is 1.30. The monoisotopic (exact) mass is 175 g/mol. The normalized spacial score (nSPS) is 9.15. The molecule has 0 radical (unpaired) electrons. The van der Waals surface area contributed by atoms with Gasteiger partial charge in [0.05, 0.1) is 17.0 Å². The number of hydrogen-bond acceptors (Lipinski definition) is 3. The highest BCUT2D eigenvalue weighted by Gasteiger charge is 2.05. The minimum atomic E-state index is 0.330. The van der Waals surface area contributed by atoms with Crippen molar-refractivity contribution in [3.63, 3.8) is 0 Å². The zero-order valence-electron chi connectivity index (χ0n) is 8.18. The molecule has 0 amide bonds. The molecule has 3 nitrogen and oxygen atoms in total. The maximum absolute atomic E-state index is 5.53. The first kappa shape index (κ1) is 9.53. The summed E-state index contributed by atoms with van der Waals surface area (Å²) in [7, 11) is 0. The molecule has 68 valence electrons. The smallest absolute Gasteiger partial charge is 0.220 e. The van der Waals surface area contributed by atoms with Crippen LogP contribution in [-0.2, 0) is 6.42 Å². The van der Waals surface area contributed by atoms with Gasteiger partial charge in [0.1, 0.15) is 0 Å². The average molecular weight is 175 g/mol. The van der Waals surface area contributed by atoms with Crippen LogP contribution in [-0.4, -0.2) is 9.97 Å². The first-order chi connectivity index (χ1) is 6.19. The van der Waals surface area contributed by atoms with Gasteiger partial charge in [-0.3, -0.25) is 0 Å². The Morgan fingerprint density at radius 1 is 1.38 bits per heavy atom. The third kappa shape index (κ3) is 1.97.